The van der Waals surface area contributed by atoms with Crippen LogP contribution in [0.2, 0.25) is 0 Å². The van der Waals surface area contributed by atoms with Crippen molar-refractivity contribution in [3.8, 4) is 5.75 Å². The molecule has 25 heavy (non-hydrogen) atoms. The first kappa shape index (κ1) is 23.5. The molecule has 1 aromatic carbocycles. The molecule has 1 aromatic rings. The molecule has 0 heterocycles. The van der Waals surface area contributed by atoms with E-state index in [4.69, 9.17) is 4.74 Å². The molecule has 142 valence electrons. The van der Waals surface area contributed by atoms with Gasteiger partial charge in [-0.25, -0.2) is 4.99 Å². The zero-order valence-electron chi connectivity index (χ0n) is 15.8. The topological polar surface area (TPSA) is 66.0 Å². The average Bonchev–Trinajstić information content (AvgIpc) is 2.56. The van der Waals surface area contributed by atoms with Gasteiger partial charge in [-0.2, -0.15) is 0 Å². The minimum Gasteiger partial charge on any atom is -0.497 e. The van der Waals surface area contributed by atoms with Crippen LogP contribution >= 0.6 is 24.0 Å². The van der Waals surface area contributed by atoms with E-state index >= 15 is 0 Å². The summed E-state index contributed by atoms with van der Waals surface area (Å²) in [6, 6.07) is 8.01. The molecular formula is C18H31IN4O2. The largest absolute Gasteiger partial charge is 0.497 e. The summed E-state index contributed by atoms with van der Waals surface area (Å²) in [5.74, 6) is 2.01. The van der Waals surface area contributed by atoms with Crippen molar-refractivity contribution in [3.05, 3.63) is 29.8 Å². The van der Waals surface area contributed by atoms with E-state index in [1.54, 1.807) is 26.1 Å². The van der Waals surface area contributed by atoms with Crippen LogP contribution in [0, 0.1) is 5.92 Å². The highest BCUT2D eigenvalue weighted by Gasteiger charge is 2.05. The molecule has 2 N–H and O–H groups in total. The van der Waals surface area contributed by atoms with Crippen LogP contribution in [0.15, 0.2) is 29.3 Å². The average molecular weight is 462 g/mol. The molecule has 0 aliphatic carbocycles. The molecule has 0 aromatic heterocycles. The van der Waals surface area contributed by atoms with Gasteiger partial charge in [-0.3, -0.25) is 4.79 Å². The number of nitrogens with one attached hydrogen (secondary N) is 2. The number of halogens is 1. The van der Waals surface area contributed by atoms with E-state index in [1.807, 2.05) is 12.1 Å². The van der Waals surface area contributed by atoms with Gasteiger partial charge in [-0.05, 0) is 30.0 Å². The maximum atomic E-state index is 11.7. The van der Waals surface area contributed by atoms with Gasteiger partial charge < -0.3 is 20.3 Å². The predicted molar refractivity (Wildman–Crippen MR) is 114 cm³/mol. The summed E-state index contributed by atoms with van der Waals surface area (Å²) >= 11 is 0. The lowest BCUT2D eigenvalue weighted by molar-refractivity contribution is -0.127. The molecule has 0 spiro atoms. The molecule has 0 radical (unpaired) electrons. The quantitative estimate of drug-likeness (QED) is 0.353. The van der Waals surface area contributed by atoms with Crippen molar-refractivity contribution in [1.82, 2.24) is 15.5 Å². The Bertz CT molecular complexity index is 530. The summed E-state index contributed by atoms with van der Waals surface area (Å²) in [6.07, 6.45) is 0.869. The van der Waals surface area contributed by atoms with Crippen LogP contribution in [0.1, 0.15) is 19.4 Å². The second-order valence-electron chi connectivity index (χ2n) is 6.25. The number of nitrogens with zero attached hydrogens (tertiary/aromatic N) is 2. The van der Waals surface area contributed by atoms with E-state index in [9.17, 15) is 4.79 Å². The third-order valence-electron chi connectivity index (χ3n) is 3.41. The van der Waals surface area contributed by atoms with Crippen molar-refractivity contribution in [1.29, 1.82) is 0 Å². The number of guanidine groups is 1. The fourth-order valence-electron chi connectivity index (χ4n) is 1.88. The van der Waals surface area contributed by atoms with Crippen LogP contribution in [0.3, 0.4) is 0 Å². The molecule has 0 saturated heterocycles. The number of methoxy groups -OCH3 is 1. The first-order valence-corrected chi connectivity index (χ1v) is 8.27. The monoisotopic (exact) mass is 462 g/mol. The predicted octanol–water partition coefficient (Wildman–Crippen LogP) is 2.14. The van der Waals surface area contributed by atoms with Gasteiger partial charge in [0.05, 0.1) is 7.11 Å². The van der Waals surface area contributed by atoms with E-state index in [2.05, 4.69) is 41.6 Å². The standard InChI is InChI=1S/C18H30N4O2.HI/c1-14(2)12-20-18(21-13-17(23)22(3)4)19-11-10-15-6-8-16(24-5)9-7-15;/h6-9,14H,10-13H2,1-5H3,(H2,19,20,21);1H. The van der Waals surface area contributed by atoms with E-state index in [0.29, 0.717) is 11.9 Å². The maximum absolute atomic E-state index is 11.7. The van der Waals surface area contributed by atoms with Crippen molar-refractivity contribution < 1.29 is 9.53 Å². The van der Waals surface area contributed by atoms with Crippen molar-refractivity contribution in [2.45, 2.75) is 20.3 Å². The van der Waals surface area contributed by atoms with Crippen LogP contribution < -0.4 is 15.4 Å². The fourth-order valence-corrected chi connectivity index (χ4v) is 1.88. The van der Waals surface area contributed by atoms with E-state index < -0.39 is 0 Å². The summed E-state index contributed by atoms with van der Waals surface area (Å²) in [7, 11) is 5.13. The molecule has 1 amide bonds. The molecule has 1 rings (SSSR count). The Labute approximate surface area is 168 Å². The van der Waals surface area contributed by atoms with Gasteiger partial charge in [-0.1, -0.05) is 26.0 Å². The number of carbonyl (C=O) groups excluding carboxylic acids is 1. The van der Waals surface area contributed by atoms with Gasteiger partial charge in [0.2, 0.25) is 5.91 Å². The summed E-state index contributed by atoms with van der Waals surface area (Å²) in [5, 5.41) is 6.55. The Hall–Kier alpha value is -1.51. The summed E-state index contributed by atoms with van der Waals surface area (Å²) in [6.45, 7) is 5.96. The Morgan fingerprint density at radius 3 is 2.36 bits per heavy atom. The highest BCUT2D eigenvalue weighted by atomic mass is 127. The second-order valence-corrected chi connectivity index (χ2v) is 6.25. The van der Waals surface area contributed by atoms with E-state index in [-0.39, 0.29) is 36.4 Å². The van der Waals surface area contributed by atoms with Gasteiger partial charge in [0.1, 0.15) is 12.3 Å². The molecule has 0 saturated carbocycles. The van der Waals surface area contributed by atoms with Gasteiger partial charge in [-0.15, -0.1) is 24.0 Å². The lowest BCUT2D eigenvalue weighted by Gasteiger charge is -2.15. The Morgan fingerprint density at radius 2 is 1.84 bits per heavy atom. The molecule has 7 heteroatoms. The summed E-state index contributed by atoms with van der Waals surface area (Å²) in [5.41, 5.74) is 1.22. The zero-order valence-corrected chi connectivity index (χ0v) is 18.2. The number of hydrogen-bond acceptors (Lipinski definition) is 3. The molecule has 0 fully saturated rings. The normalized spacial score (nSPS) is 10.9. The first-order valence-electron chi connectivity index (χ1n) is 8.27. The number of likely N-dealkylation sites (N-methyl/N-ethyl adjacent to an activating group) is 1. The highest BCUT2D eigenvalue weighted by Crippen LogP contribution is 2.11. The Balaban J connectivity index is 0.00000576. The summed E-state index contributed by atoms with van der Waals surface area (Å²) in [4.78, 5) is 17.6. The molecular weight excluding hydrogens is 431 g/mol. The molecule has 0 aliphatic heterocycles. The Morgan fingerprint density at radius 1 is 1.20 bits per heavy atom. The SMILES string of the molecule is COc1ccc(CCNC(=NCC(=O)N(C)C)NCC(C)C)cc1.I. The Kier molecular flexibility index (Phi) is 12.0. The summed E-state index contributed by atoms with van der Waals surface area (Å²) < 4.78 is 5.16. The van der Waals surface area contributed by atoms with Crippen LogP contribution in [0.4, 0.5) is 0 Å². The minimum atomic E-state index is -0.0178. The minimum absolute atomic E-state index is 0. The molecule has 0 atom stereocenters. The van der Waals surface area contributed by atoms with Crippen molar-refractivity contribution in [2.24, 2.45) is 10.9 Å². The number of carbonyl (C=O) groups is 1. The van der Waals surface area contributed by atoms with E-state index in [1.165, 1.54) is 5.56 Å². The number of amides is 1. The zero-order chi connectivity index (χ0) is 17.9. The van der Waals surface area contributed by atoms with Crippen molar-refractivity contribution >= 4 is 35.8 Å². The third kappa shape index (κ3) is 10.2. The van der Waals surface area contributed by atoms with Crippen LogP contribution in [-0.2, 0) is 11.2 Å². The lowest BCUT2D eigenvalue weighted by Crippen LogP contribution is -2.41. The molecule has 0 bridgehead atoms. The van der Waals surface area contributed by atoms with Crippen molar-refractivity contribution in [2.75, 3.05) is 40.8 Å². The van der Waals surface area contributed by atoms with Gasteiger partial charge in [0.15, 0.2) is 5.96 Å². The van der Waals surface area contributed by atoms with Gasteiger partial charge >= 0.3 is 0 Å². The van der Waals surface area contributed by atoms with Crippen molar-refractivity contribution in [3.63, 3.8) is 0 Å². The number of benzene rings is 1. The smallest absolute Gasteiger partial charge is 0.243 e. The molecule has 0 aliphatic rings. The van der Waals surface area contributed by atoms with E-state index in [0.717, 1.165) is 25.3 Å². The lowest BCUT2D eigenvalue weighted by atomic mass is 10.1. The van der Waals surface area contributed by atoms with Crippen LogP contribution in [0.25, 0.3) is 0 Å². The fraction of sp³-hybridized carbons (Fsp3) is 0.556. The molecule has 6 nitrogen and oxygen atoms in total. The number of rotatable bonds is 8. The third-order valence-corrected chi connectivity index (χ3v) is 3.41. The van der Waals surface area contributed by atoms with Gasteiger partial charge in [0, 0.05) is 27.2 Å². The highest BCUT2D eigenvalue weighted by molar-refractivity contribution is 14.0. The second kappa shape index (κ2) is 12.8. The van der Waals surface area contributed by atoms with Crippen LogP contribution in [0.5, 0.6) is 5.75 Å². The van der Waals surface area contributed by atoms with Gasteiger partial charge in [0.25, 0.3) is 0 Å². The number of ether oxygens (including phenoxy) is 1. The number of aliphatic imine (C=N–C) groups is 1. The molecule has 0 unspecified atom stereocenters. The first-order chi connectivity index (χ1) is 11.4. The van der Waals surface area contributed by atoms with Crippen LogP contribution in [-0.4, -0.2) is 57.6 Å². The number of hydrogen-bond donors (Lipinski definition) is 2. The maximum Gasteiger partial charge on any atom is 0.243 e.